The number of rotatable bonds is 11. The predicted octanol–water partition coefficient (Wildman–Crippen LogP) is 4.89. The Balaban J connectivity index is 1.28. The van der Waals surface area contributed by atoms with Crippen molar-refractivity contribution in [3.8, 4) is 5.69 Å². The van der Waals surface area contributed by atoms with Gasteiger partial charge in [0.25, 0.3) is 5.91 Å². The number of ketones is 1. The third-order valence-electron chi connectivity index (χ3n) is 7.70. The van der Waals surface area contributed by atoms with Crippen LogP contribution in [0, 0.1) is 13.8 Å². The van der Waals surface area contributed by atoms with Gasteiger partial charge in [-0.1, -0.05) is 18.6 Å². The van der Waals surface area contributed by atoms with E-state index in [-0.39, 0.29) is 24.1 Å². The smallest absolute Gasteiger partial charge is 0.257 e. The Hall–Kier alpha value is -4.24. The molecule has 3 heterocycles. The van der Waals surface area contributed by atoms with Crippen molar-refractivity contribution in [2.24, 2.45) is 0 Å². The van der Waals surface area contributed by atoms with E-state index in [0.717, 1.165) is 53.9 Å². The van der Waals surface area contributed by atoms with Gasteiger partial charge in [-0.2, -0.15) is 5.10 Å². The second-order valence-electron chi connectivity index (χ2n) is 10.8. The van der Waals surface area contributed by atoms with Gasteiger partial charge in [0.2, 0.25) is 5.91 Å². The number of carbonyl (C=O) groups is 3. The van der Waals surface area contributed by atoms with Crippen molar-refractivity contribution in [3.63, 3.8) is 0 Å². The van der Waals surface area contributed by atoms with Crippen LogP contribution in [0.2, 0.25) is 0 Å². The van der Waals surface area contributed by atoms with E-state index in [1.807, 2.05) is 67.8 Å². The fourth-order valence-corrected chi connectivity index (χ4v) is 5.48. The quantitative estimate of drug-likeness (QED) is 0.257. The summed E-state index contributed by atoms with van der Waals surface area (Å²) in [6, 6.07) is 13.3. The Kier molecular flexibility index (Phi) is 8.64. The number of Topliss-reactive ketones (excluding diaryl/α,β-unsaturated/α-hetero) is 1. The molecule has 1 saturated heterocycles. The third kappa shape index (κ3) is 6.41. The van der Waals surface area contributed by atoms with Crippen LogP contribution in [0.3, 0.4) is 0 Å². The second kappa shape index (κ2) is 12.5. The van der Waals surface area contributed by atoms with Crippen LogP contribution in [0.25, 0.3) is 16.6 Å². The van der Waals surface area contributed by atoms with E-state index >= 15 is 0 Å². The van der Waals surface area contributed by atoms with Gasteiger partial charge in [-0.3, -0.25) is 14.4 Å². The summed E-state index contributed by atoms with van der Waals surface area (Å²) in [6.07, 6.45) is 7.12. The number of nitrogens with one attached hydrogen (secondary N) is 2. The molecule has 4 aromatic rings. The van der Waals surface area contributed by atoms with E-state index in [1.165, 1.54) is 12.8 Å². The van der Waals surface area contributed by atoms with E-state index in [4.69, 9.17) is 0 Å². The first kappa shape index (κ1) is 28.3. The second-order valence-corrected chi connectivity index (χ2v) is 10.8. The van der Waals surface area contributed by atoms with Crippen molar-refractivity contribution in [2.45, 2.75) is 53.0 Å². The van der Waals surface area contributed by atoms with Gasteiger partial charge in [-0.25, -0.2) is 4.68 Å². The summed E-state index contributed by atoms with van der Waals surface area (Å²) in [7, 11) is 0. The maximum Gasteiger partial charge on any atom is 0.257 e. The van der Waals surface area contributed by atoms with Crippen LogP contribution in [0.5, 0.6) is 0 Å². The minimum atomic E-state index is -0.246. The molecule has 2 aromatic carbocycles. The van der Waals surface area contributed by atoms with Gasteiger partial charge in [0.15, 0.2) is 5.78 Å². The molecule has 1 aliphatic heterocycles. The number of hydrogen-bond donors (Lipinski definition) is 2. The van der Waals surface area contributed by atoms with Crippen molar-refractivity contribution in [1.29, 1.82) is 0 Å². The third-order valence-corrected chi connectivity index (χ3v) is 7.70. The normalized spacial score (nSPS) is 13.5. The van der Waals surface area contributed by atoms with E-state index in [2.05, 4.69) is 20.6 Å². The van der Waals surface area contributed by atoms with Gasteiger partial charge in [0.1, 0.15) is 6.54 Å². The predicted molar refractivity (Wildman–Crippen MR) is 161 cm³/mol. The molecular weight excluding hydrogens is 516 g/mol. The summed E-state index contributed by atoms with van der Waals surface area (Å²) in [5.41, 5.74) is 5.26. The van der Waals surface area contributed by atoms with Gasteiger partial charge >= 0.3 is 0 Å². The van der Waals surface area contributed by atoms with Crippen molar-refractivity contribution >= 4 is 34.2 Å². The highest BCUT2D eigenvalue weighted by atomic mass is 16.2. The molecule has 0 atom stereocenters. The van der Waals surface area contributed by atoms with Gasteiger partial charge in [-0.15, -0.1) is 0 Å². The Morgan fingerprint density at radius 1 is 0.976 bits per heavy atom. The summed E-state index contributed by atoms with van der Waals surface area (Å²) in [5.74, 6) is -0.226. The minimum absolute atomic E-state index is 0.0716. The number of hydrogen-bond acceptors (Lipinski definition) is 5. The van der Waals surface area contributed by atoms with Crippen molar-refractivity contribution in [3.05, 3.63) is 77.2 Å². The number of fused-ring (bicyclic) bond motifs is 1. The molecule has 214 valence electrons. The molecule has 0 radical (unpaired) electrons. The molecule has 0 saturated carbocycles. The lowest BCUT2D eigenvalue weighted by Crippen LogP contribution is -2.35. The molecule has 0 aliphatic carbocycles. The average Bonchev–Trinajstić information content (AvgIpc) is 3.69. The summed E-state index contributed by atoms with van der Waals surface area (Å²) in [6.45, 7) is 9.69. The van der Waals surface area contributed by atoms with Crippen LogP contribution in [-0.4, -0.2) is 63.0 Å². The SMILES string of the molecule is CCCC(=O)c1cnn(-c2ccc(NC(=O)c3cn(CC(=O)NCCN4CCCC4)c4ccc(C)cc34)cc2)c1C. The number of nitrogens with zero attached hydrogens (tertiary/aromatic N) is 4. The molecule has 0 bridgehead atoms. The van der Waals surface area contributed by atoms with Crippen molar-refractivity contribution in [2.75, 3.05) is 31.5 Å². The summed E-state index contributed by atoms with van der Waals surface area (Å²) >= 11 is 0. The first-order valence-corrected chi connectivity index (χ1v) is 14.4. The van der Waals surface area contributed by atoms with E-state index in [0.29, 0.717) is 29.8 Å². The molecule has 41 heavy (non-hydrogen) atoms. The van der Waals surface area contributed by atoms with Crippen LogP contribution < -0.4 is 10.6 Å². The number of anilines is 1. The highest BCUT2D eigenvalue weighted by Gasteiger charge is 2.18. The maximum atomic E-state index is 13.4. The Labute approximate surface area is 240 Å². The van der Waals surface area contributed by atoms with Gasteiger partial charge in [0.05, 0.1) is 28.7 Å². The lowest BCUT2D eigenvalue weighted by Gasteiger charge is -2.15. The van der Waals surface area contributed by atoms with Gasteiger partial charge < -0.3 is 20.1 Å². The Morgan fingerprint density at radius 2 is 1.73 bits per heavy atom. The van der Waals surface area contributed by atoms with Crippen LogP contribution in [0.4, 0.5) is 5.69 Å². The number of carbonyl (C=O) groups excluding carboxylic acids is 3. The standard InChI is InChI=1S/C32H38N6O3/c1-4-7-30(39)27-19-34-38(23(27)3)25-11-9-24(10-12-25)35-32(41)28-20-37(29-13-8-22(2)18-26(28)29)21-31(40)33-14-17-36-15-5-6-16-36/h8-13,18-20H,4-7,14-17,21H2,1-3H3,(H,33,40)(H,35,41). The molecule has 9 heteroatoms. The largest absolute Gasteiger partial charge is 0.353 e. The molecule has 0 unspecified atom stereocenters. The molecule has 1 fully saturated rings. The monoisotopic (exact) mass is 554 g/mol. The van der Waals surface area contributed by atoms with Crippen LogP contribution >= 0.6 is 0 Å². The number of aryl methyl sites for hydroxylation is 1. The molecule has 1 aliphatic rings. The molecule has 9 nitrogen and oxygen atoms in total. The number of aromatic nitrogens is 3. The zero-order valence-corrected chi connectivity index (χ0v) is 24.1. The first-order valence-electron chi connectivity index (χ1n) is 14.4. The molecular formula is C32H38N6O3. The zero-order valence-electron chi connectivity index (χ0n) is 24.1. The van der Waals surface area contributed by atoms with Crippen LogP contribution in [0.15, 0.2) is 54.9 Å². The van der Waals surface area contributed by atoms with Gasteiger partial charge in [-0.05, 0) is 82.6 Å². The number of amides is 2. The zero-order chi connectivity index (χ0) is 28.9. The fourth-order valence-electron chi connectivity index (χ4n) is 5.48. The molecule has 2 amide bonds. The molecule has 2 N–H and O–H groups in total. The van der Waals surface area contributed by atoms with Crippen LogP contribution in [0.1, 0.15) is 64.6 Å². The van der Waals surface area contributed by atoms with Crippen molar-refractivity contribution in [1.82, 2.24) is 24.6 Å². The Morgan fingerprint density at radius 3 is 2.46 bits per heavy atom. The first-order chi connectivity index (χ1) is 19.8. The highest BCUT2D eigenvalue weighted by Crippen LogP contribution is 2.25. The number of likely N-dealkylation sites (tertiary alicyclic amines) is 1. The molecule has 5 rings (SSSR count). The van der Waals surface area contributed by atoms with E-state index in [1.54, 1.807) is 17.1 Å². The highest BCUT2D eigenvalue weighted by molar-refractivity contribution is 6.13. The van der Waals surface area contributed by atoms with Gasteiger partial charge in [0, 0.05) is 42.3 Å². The summed E-state index contributed by atoms with van der Waals surface area (Å²) in [5, 5.41) is 11.2. The molecule has 2 aromatic heterocycles. The Bertz CT molecular complexity index is 1560. The minimum Gasteiger partial charge on any atom is -0.353 e. The summed E-state index contributed by atoms with van der Waals surface area (Å²) in [4.78, 5) is 40.9. The van der Waals surface area contributed by atoms with E-state index in [9.17, 15) is 14.4 Å². The average molecular weight is 555 g/mol. The lowest BCUT2D eigenvalue weighted by molar-refractivity contribution is -0.121. The van der Waals surface area contributed by atoms with Crippen molar-refractivity contribution < 1.29 is 14.4 Å². The lowest BCUT2D eigenvalue weighted by atomic mass is 10.1. The topological polar surface area (TPSA) is 101 Å². The van der Waals surface area contributed by atoms with E-state index < -0.39 is 0 Å². The molecule has 0 spiro atoms. The summed E-state index contributed by atoms with van der Waals surface area (Å²) < 4.78 is 3.58. The maximum absolute atomic E-state index is 13.4. The van der Waals surface area contributed by atoms with Crippen LogP contribution in [-0.2, 0) is 11.3 Å². The number of benzene rings is 2. The fraction of sp³-hybridized carbons (Fsp3) is 0.375.